The summed E-state index contributed by atoms with van der Waals surface area (Å²) in [5, 5.41) is 0. The number of allylic oxidation sites excluding steroid dienone is 1. The van der Waals surface area contributed by atoms with Gasteiger partial charge in [-0.25, -0.2) is 0 Å². The zero-order chi connectivity index (χ0) is 22.8. The molecule has 0 heterocycles. The van der Waals surface area contributed by atoms with Crippen molar-refractivity contribution in [1.82, 2.24) is 0 Å². The summed E-state index contributed by atoms with van der Waals surface area (Å²) in [4.78, 5) is 0. The molecule has 0 aliphatic carbocycles. The molecule has 31 heavy (non-hydrogen) atoms. The van der Waals surface area contributed by atoms with Gasteiger partial charge in [0.25, 0.3) is 0 Å². The van der Waals surface area contributed by atoms with Gasteiger partial charge in [-0.3, -0.25) is 0 Å². The van der Waals surface area contributed by atoms with E-state index in [4.69, 9.17) is 4.74 Å². The molecule has 0 amide bonds. The molecule has 0 aliphatic rings. The average Bonchev–Trinajstić information content (AvgIpc) is 2.81. The molecular formula is C29H48OSn. The second-order valence-electron chi connectivity index (χ2n) is 9.13. The number of rotatable bonds is 16. The molecule has 1 nitrogen and oxygen atoms in total. The Labute approximate surface area is 198 Å². The SMILES string of the molecule is CCCCCC/C(C#Cc1ccc(OC)cc1)=[CH]/[Sn]([CH2]CCC)([CH2]CCC)[CH2]CCC. The average molecular weight is 531 g/mol. The number of ether oxygens (including phenoxy) is 1. The van der Waals surface area contributed by atoms with Crippen LogP contribution in [0.1, 0.15) is 104 Å². The van der Waals surface area contributed by atoms with Crippen LogP contribution in [-0.2, 0) is 0 Å². The zero-order valence-electron chi connectivity index (χ0n) is 21.2. The van der Waals surface area contributed by atoms with Gasteiger partial charge in [-0.2, -0.15) is 0 Å². The number of hydrogen-bond acceptors (Lipinski definition) is 1. The van der Waals surface area contributed by atoms with Gasteiger partial charge in [0, 0.05) is 0 Å². The van der Waals surface area contributed by atoms with Gasteiger partial charge in [0.1, 0.15) is 0 Å². The molecule has 0 saturated heterocycles. The molecule has 1 rings (SSSR count). The summed E-state index contributed by atoms with van der Waals surface area (Å²) < 4.78 is 12.7. The molecule has 0 aliphatic heterocycles. The molecule has 1 aromatic carbocycles. The van der Waals surface area contributed by atoms with Gasteiger partial charge in [-0.05, 0) is 0 Å². The summed E-state index contributed by atoms with van der Waals surface area (Å²) in [6.07, 6.45) is 14.6. The van der Waals surface area contributed by atoms with Crippen molar-refractivity contribution in [2.24, 2.45) is 0 Å². The van der Waals surface area contributed by atoms with E-state index in [2.05, 4.69) is 55.8 Å². The van der Waals surface area contributed by atoms with E-state index in [1.165, 1.54) is 89.5 Å². The normalized spacial score (nSPS) is 11.8. The van der Waals surface area contributed by atoms with Crippen LogP contribution in [0.3, 0.4) is 0 Å². The van der Waals surface area contributed by atoms with Gasteiger partial charge in [-0.1, -0.05) is 0 Å². The van der Waals surface area contributed by atoms with Crippen LogP contribution in [0.15, 0.2) is 33.9 Å². The maximum absolute atomic E-state index is 5.30. The van der Waals surface area contributed by atoms with Crippen molar-refractivity contribution in [3.05, 3.63) is 39.5 Å². The Bertz CT molecular complexity index is 640. The predicted molar refractivity (Wildman–Crippen MR) is 142 cm³/mol. The molecule has 0 atom stereocenters. The Morgan fingerprint density at radius 1 is 0.774 bits per heavy atom. The van der Waals surface area contributed by atoms with E-state index in [0.717, 1.165) is 11.3 Å². The fraction of sp³-hybridized carbons (Fsp3) is 0.655. The molecule has 1 aromatic rings. The third kappa shape index (κ3) is 12.1. The predicted octanol–water partition coefficient (Wildman–Crippen LogP) is 9.33. The molecule has 0 fully saturated rings. The summed E-state index contributed by atoms with van der Waals surface area (Å²) >= 11 is -2.33. The van der Waals surface area contributed by atoms with Crippen LogP contribution in [0.5, 0.6) is 5.75 Å². The van der Waals surface area contributed by atoms with Crippen molar-refractivity contribution in [3.8, 4) is 17.6 Å². The van der Waals surface area contributed by atoms with Crippen molar-refractivity contribution in [2.75, 3.05) is 7.11 Å². The monoisotopic (exact) mass is 532 g/mol. The Morgan fingerprint density at radius 2 is 1.32 bits per heavy atom. The van der Waals surface area contributed by atoms with E-state index in [0.29, 0.717) is 0 Å². The van der Waals surface area contributed by atoms with E-state index in [1.54, 1.807) is 7.11 Å². The Kier molecular flexibility index (Phi) is 16.0. The first-order valence-electron chi connectivity index (χ1n) is 13.0. The maximum atomic E-state index is 5.30. The molecule has 174 valence electrons. The first-order valence-corrected chi connectivity index (χ1v) is 20.7. The second-order valence-corrected chi connectivity index (χ2v) is 22.0. The quantitative estimate of drug-likeness (QED) is 0.117. The van der Waals surface area contributed by atoms with Crippen molar-refractivity contribution in [1.29, 1.82) is 0 Å². The fourth-order valence-electron chi connectivity index (χ4n) is 4.29. The first-order chi connectivity index (χ1) is 15.1. The van der Waals surface area contributed by atoms with Gasteiger partial charge in [0.05, 0.1) is 0 Å². The number of methoxy groups -OCH3 is 1. The zero-order valence-corrected chi connectivity index (χ0v) is 24.0. The molecule has 0 aromatic heterocycles. The molecule has 0 saturated carbocycles. The third-order valence-corrected chi connectivity index (χ3v) is 20.6. The van der Waals surface area contributed by atoms with Crippen molar-refractivity contribution >= 4 is 18.4 Å². The molecule has 0 N–H and O–H groups in total. The van der Waals surface area contributed by atoms with Crippen LogP contribution in [-0.4, -0.2) is 25.5 Å². The summed E-state index contributed by atoms with van der Waals surface area (Å²) in [5.41, 5.74) is 2.56. The number of unbranched alkanes of at least 4 members (excludes halogenated alkanes) is 6. The van der Waals surface area contributed by atoms with Gasteiger partial charge in [0.15, 0.2) is 0 Å². The molecule has 0 unspecified atom stereocenters. The number of hydrogen-bond donors (Lipinski definition) is 0. The van der Waals surface area contributed by atoms with E-state index < -0.39 is 18.4 Å². The molecule has 2 heteroatoms. The summed E-state index contributed by atoms with van der Waals surface area (Å²) in [6.45, 7) is 9.36. The van der Waals surface area contributed by atoms with Crippen LogP contribution >= 0.6 is 0 Å². The standard InChI is InChI=1S/C17H21O.3C4H9.Sn/c1-4-5-6-7-8-15(2)9-10-16-11-13-17(18-3)14-12-16;3*1-3-4-2;/h2,11-14H,4-8H2,1,3H3;3*1,3-4H2,2H3;. The first kappa shape index (κ1) is 28.2. The third-order valence-electron chi connectivity index (χ3n) is 6.32. The van der Waals surface area contributed by atoms with E-state index in [1.807, 2.05) is 12.1 Å². The fourth-order valence-corrected chi connectivity index (χ4v) is 19.4. The van der Waals surface area contributed by atoms with Crippen LogP contribution < -0.4 is 4.74 Å². The molecule has 0 bridgehead atoms. The van der Waals surface area contributed by atoms with Crippen molar-refractivity contribution < 1.29 is 4.74 Å². The Hall–Kier alpha value is -0.881. The Morgan fingerprint density at radius 3 is 1.81 bits per heavy atom. The van der Waals surface area contributed by atoms with E-state index in [9.17, 15) is 0 Å². The number of benzene rings is 1. The van der Waals surface area contributed by atoms with E-state index >= 15 is 0 Å². The van der Waals surface area contributed by atoms with Gasteiger partial charge in [-0.15, -0.1) is 0 Å². The summed E-state index contributed by atoms with van der Waals surface area (Å²) in [7, 11) is 1.72. The van der Waals surface area contributed by atoms with Crippen LogP contribution in [0, 0.1) is 11.8 Å². The van der Waals surface area contributed by atoms with Gasteiger partial charge < -0.3 is 0 Å². The summed E-state index contributed by atoms with van der Waals surface area (Å²) in [6, 6.07) is 8.20. The van der Waals surface area contributed by atoms with Crippen molar-refractivity contribution in [2.45, 2.75) is 112 Å². The second kappa shape index (κ2) is 17.6. The molecular weight excluding hydrogens is 483 g/mol. The van der Waals surface area contributed by atoms with E-state index in [-0.39, 0.29) is 0 Å². The van der Waals surface area contributed by atoms with Crippen LogP contribution in [0.4, 0.5) is 0 Å². The van der Waals surface area contributed by atoms with Crippen LogP contribution in [0.25, 0.3) is 0 Å². The van der Waals surface area contributed by atoms with Crippen molar-refractivity contribution in [3.63, 3.8) is 0 Å². The minimum absolute atomic E-state index is 0.898. The molecule has 0 spiro atoms. The minimum atomic E-state index is -2.33. The summed E-state index contributed by atoms with van der Waals surface area (Å²) in [5.74, 6) is 8.04. The van der Waals surface area contributed by atoms with Gasteiger partial charge in [0.2, 0.25) is 0 Å². The van der Waals surface area contributed by atoms with Crippen LogP contribution in [0.2, 0.25) is 13.3 Å². The Balaban J connectivity index is 3.21. The topological polar surface area (TPSA) is 9.23 Å². The molecule has 0 radical (unpaired) electrons. The van der Waals surface area contributed by atoms with Gasteiger partial charge >= 0.3 is 199 Å².